The predicted octanol–water partition coefficient (Wildman–Crippen LogP) is 4.32. The van der Waals surface area contributed by atoms with E-state index in [9.17, 15) is 18.8 Å². The first-order valence-corrected chi connectivity index (χ1v) is 11.7. The number of nitrogens with zero attached hydrogens (tertiary/aromatic N) is 1. The van der Waals surface area contributed by atoms with E-state index in [1.807, 2.05) is 32.9 Å². The molecule has 29 heavy (non-hydrogen) atoms. The number of aliphatic hydroxyl groups is 1. The third kappa shape index (κ3) is 4.32. The highest BCUT2D eigenvalue weighted by Crippen LogP contribution is 2.38. The van der Waals surface area contributed by atoms with Crippen LogP contribution in [0.15, 0.2) is 39.7 Å². The van der Waals surface area contributed by atoms with Gasteiger partial charge in [0.05, 0.1) is 17.2 Å². The van der Waals surface area contributed by atoms with E-state index in [0.717, 1.165) is 28.2 Å². The molecule has 154 valence electrons. The van der Waals surface area contributed by atoms with Gasteiger partial charge in [-0.05, 0) is 66.1 Å². The Balaban J connectivity index is 1.94. The molecule has 1 atom stereocenters. The SMILES string of the molecule is CC(C)c1cc(C#N)cc2c1NC(NS(=O)(=O)c1cc(C(C)(C)O)cs1)=CC2C. The van der Waals surface area contributed by atoms with Gasteiger partial charge in [-0.3, -0.25) is 4.72 Å². The van der Waals surface area contributed by atoms with Crippen LogP contribution in [0.4, 0.5) is 5.69 Å². The summed E-state index contributed by atoms with van der Waals surface area (Å²) in [5.41, 5.74) is 2.82. The Morgan fingerprint density at radius 3 is 2.55 bits per heavy atom. The highest BCUT2D eigenvalue weighted by Gasteiger charge is 2.27. The molecule has 6 nitrogen and oxygen atoms in total. The third-order valence-corrected chi connectivity index (χ3v) is 7.71. The minimum Gasteiger partial charge on any atom is -0.386 e. The van der Waals surface area contributed by atoms with Gasteiger partial charge in [0, 0.05) is 11.6 Å². The second-order valence-corrected chi connectivity index (χ2v) is 10.9. The van der Waals surface area contributed by atoms with Crippen LogP contribution >= 0.6 is 11.3 Å². The molecule has 8 heteroatoms. The zero-order valence-electron chi connectivity index (χ0n) is 17.1. The second-order valence-electron chi connectivity index (χ2n) is 8.11. The van der Waals surface area contributed by atoms with Crippen LogP contribution in [0.3, 0.4) is 0 Å². The van der Waals surface area contributed by atoms with Crippen molar-refractivity contribution in [2.45, 2.75) is 56.3 Å². The lowest BCUT2D eigenvalue weighted by Crippen LogP contribution is -2.29. The standard InChI is InChI=1S/C21H25N3O3S2/c1-12(2)16-7-14(10-22)8-17-13(3)6-18(23-20(16)17)24-29(26,27)19-9-15(11-28-19)21(4,5)25/h6-9,11-13,23-25H,1-5H3. The molecule has 0 aliphatic carbocycles. The fourth-order valence-corrected chi connectivity index (χ4v) is 5.62. The number of rotatable bonds is 5. The minimum absolute atomic E-state index is 0.0648. The summed E-state index contributed by atoms with van der Waals surface area (Å²) in [6, 6.07) is 7.38. The molecule has 3 N–H and O–H groups in total. The molecular weight excluding hydrogens is 406 g/mol. The topological polar surface area (TPSA) is 102 Å². The molecule has 2 aromatic rings. The first kappa shape index (κ1) is 21.4. The summed E-state index contributed by atoms with van der Waals surface area (Å²) in [7, 11) is -3.80. The number of anilines is 1. The van der Waals surface area contributed by atoms with Gasteiger partial charge in [-0.15, -0.1) is 11.3 Å². The number of thiophene rings is 1. The van der Waals surface area contributed by atoms with Crippen molar-refractivity contribution in [3.05, 3.63) is 57.7 Å². The van der Waals surface area contributed by atoms with Gasteiger partial charge >= 0.3 is 0 Å². The lowest BCUT2D eigenvalue weighted by Gasteiger charge is -2.28. The molecule has 0 spiro atoms. The van der Waals surface area contributed by atoms with Crippen LogP contribution < -0.4 is 10.0 Å². The van der Waals surface area contributed by atoms with Crippen LogP contribution in [-0.4, -0.2) is 13.5 Å². The molecule has 0 amide bonds. The highest BCUT2D eigenvalue weighted by molar-refractivity contribution is 7.91. The molecular formula is C21H25N3O3S2. The van der Waals surface area contributed by atoms with Crippen molar-refractivity contribution in [2.24, 2.45) is 0 Å². The van der Waals surface area contributed by atoms with E-state index < -0.39 is 15.6 Å². The average molecular weight is 432 g/mol. The van der Waals surface area contributed by atoms with E-state index in [2.05, 4.69) is 16.1 Å². The van der Waals surface area contributed by atoms with Crippen molar-refractivity contribution in [3.8, 4) is 6.07 Å². The fraction of sp³-hybridized carbons (Fsp3) is 0.381. The van der Waals surface area contributed by atoms with Crippen molar-refractivity contribution >= 4 is 27.0 Å². The Kier molecular flexibility index (Phi) is 5.52. The van der Waals surface area contributed by atoms with E-state index in [1.165, 1.54) is 6.07 Å². The first-order valence-electron chi connectivity index (χ1n) is 9.33. The molecule has 0 fully saturated rings. The van der Waals surface area contributed by atoms with Crippen LogP contribution in [0.5, 0.6) is 0 Å². The highest BCUT2D eigenvalue weighted by atomic mass is 32.2. The molecule has 0 radical (unpaired) electrons. The Morgan fingerprint density at radius 1 is 1.31 bits per heavy atom. The Labute approximate surface area is 175 Å². The zero-order chi connectivity index (χ0) is 21.6. The lowest BCUT2D eigenvalue weighted by molar-refractivity contribution is 0.0789. The van der Waals surface area contributed by atoms with E-state index >= 15 is 0 Å². The van der Waals surface area contributed by atoms with Crippen LogP contribution in [0.2, 0.25) is 0 Å². The van der Waals surface area contributed by atoms with E-state index in [1.54, 1.807) is 25.3 Å². The van der Waals surface area contributed by atoms with Crippen molar-refractivity contribution in [1.82, 2.24) is 4.72 Å². The molecule has 0 saturated heterocycles. The monoisotopic (exact) mass is 431 g/mol. The molecule has 0 bridgehead atoms. The van der Waals surface area contributed by atoms with Crippen LogP contribution in [0.25, 0.3) is 0 Å². The molecule has 1 unspecified atom stereocenters. The quantitative estimate of drug-likeness (QED) is 0.654. The number of fused-ring (bicyclic) bond motifs is 1. The summed E-state index contributed by atoms with van der Waals surface area (Å²) in [6.07, 6.45) is 1.80. The number of nitriles is 1. The van der Waals surface area contributed by atoms with Crippen molar-refractivity contribution in [1.29, 1.82) is 5.26 Å². The maximum Gasteiger partial charge on any atom is 0.272 e. The van der Waals surface area contributed by atoms with Gasteiger partial charge in [0.2, 0.25) is 0 Å². The summed E-state index contributed by atoms with van der Waals surface area (Å²) < 4.78 is 28.5. The summed E-state index contributed by atoms with van der Waals surface area (Å²) in [5.74, 6) is 0.485. The van der Waals surface area contributed by atoms with Gasteiger partial charge in [-0.25, -0.2) is 8.42 Å². The van der Waals surface area contributed by atoms with Crippen molar-refractivity contribution in [3.63, 3.8) is 0 Å². The van der Waals surface area contributed by atoms with E-state index in [-0.39, 0.29) is 16.0 Å². The molecule has 1 aliphatic heterocycles. The van der Waals surface area contributed by atoms with E-state index in [4.69, 9.17) is 0 Å². The molecule has 1 aliphatic rings. The molecule has 2 heterocycles. The summed E-state index contributed by atoms with van der Waals surface area (Å²) in [6.45, 7) is 9.28. The summed E-state index contributed by atoms with van der Waals surface area (Å²) >= 11 is 1.07. The van der Waals surface area contributed by atoms with Crippen LogP contribution in [0, 0.1) is 11.3 Å². The Bertz CT molecular complexity index is 1120. The number of hydrogen-bond acceptors (Lipinski definition) is 6. The molecule has 1 aromatic carbocycles. The molecule has 0 saturated carbocycles. The smallest absolute Gasteiger partial charge is 0.272 e. The van der Waals surface area contributed by atoms with Crippen LogP contribution in [0.1, 0.15) is 68.7 Å². The Morgan fingerprint density at radius 2 is 2.00 bits per heavy atom. The van der Waals surface area contributed by atoms with Gasteiger partial charge in [0.1, 0.15) is 10.0 Å². The van der Waals surface area contributed by atoms with Crippen molar-refractivity contribution in [2.75, 3.05) is 5.32 Å². The normalized spacial score (nSPS) is 16.6. The van der Waals surface area contributed by atoms with Crippen molar-refractivity contribution < 1.29 is 13.5 Å². The average Bonchev–Trinajstić information content (AvgIpc) is 3.12. The van der Waals surface area contributed by atoms with Crippen LogP contribution in [-0.2, 0) is 15.6 Å². The summed E-state index contributed by atoms with van der Waals surface area (Å²) in [4.78, 5) is 0. The number of nitrogens with one attached hydrogen (secondary N) is 2. The fourth-order valence-electron chi connectivity index (χ4n) is 3.26. The maximum absolute atomic E-state index is 12.9. The van der Waals surface area contributed by atoms with E-state index in [0.29, 0.717) is 16.9 Å². The number of allylic oxidation sites excluding steroid dienone is 1. The largest absolute Gasteiger partial charge is 0.386 e. The number of sulfonamides is 1. The van der Waals surface area contributed by atoms with Gasteiger partial charge in [-0.2, -0.15) is 5.26 Å². The first-order chi connectivity index (χ1) is 13.4. The second kappa shape index (κ2) is 7.48. The lowest BCUT2D eigenvalue weighted by atomic mass is 9.88. The third-order valence-electron chi connectivity index (χ3n) is 4.91. The van der Waals surface area contributed by atoms with Gasteiger partial charge in [0.15, 0.2) is 0 Å². The zero-order valence-corrected chi connectivity index (χ0v) is 18.7. The minimum atomic E-state index is -3.80. The van der Waals surface area contributed by atoms with Gasteiger partial charge in [-0.1, -0.05) is 20.8 Å². The van der Waals surface area contributed by atoms with Gasteiger partial charge in [0.25, 0.3) is 10.0 Å². The maximum atomic E-state index is 12.9. The van der Waals surface area contributed by atoms with Gasteiger partial charge < -0.3 is 10.4 Å². The Hall–Kier alpha value is -2.34. The number of benzene rings is 1. The molecule has 1 aromatic heterocycles. The summed E-state index contributed by atoms with van der Waals surface area (Å²) in [5, 5.41) is 24.3. The predicted molar refractivity (Wildman–Crippen MR) is 115 cm³/mol. The number of hydrogen-bond donors (Lipinski definition) is 3. The molecule has 3 rings (SSSR count).